The van der Waals surface area contributed by atoms with Gasteiger partial charge in [-0.3, -0.25) is 0 Å². The molecule has 0 atom stereocenters. The summed E-state index contributed by atoms with van der Waals surface area (Å²) >= 11 is 1.33. The summed E-state index contributed by atoms with van der Waals surface area (Å²) in [6, 6.07) is 12.3. The van der Waals surface area contributed by atoms with Crippen molar-refractivity contribution < 1.29 is 14.3 Å². The Balaban J connectivity index is 1.10. The first-order valence-electron chi connectivity index (χ1n) is 15.0. The van der Waals surface area contributed by atoms with E-state index in [9.17, 15) is 15.2 Å². The number of aryl methyl sites for hydroxylation is 1. The van der Waals surface area contributed by atoms with Crippen LogP contribution in [-0.2, 0) is 0 Å². The molecule has 11 nitrogen and oxygen atoms in total. The molecule has 44 heavy (non-hydrogen) atoms. The molecule has 0 radical (unpaired) electrons. The smallest absolute Gasteiger partial charge is 0.320 e. The molecule has 3 saturated heterocycles. The van der Waals surface area contributed by atoms with Crippen molar-refractivity contribution >= 4 is 45.0 Å². The summed E-state index contributed by atoms with van der Waals surface area (Å²) in [5.41, 5.74) is 3.38. The maximum absolute atomic E-state index is 15.6. The Kier molecular flexibility index (Phi) is 6.12. The fraction of sp³-hybridized carbons (Fsp3) is 0.452. The Morgan fingerprint density at radius 1 is 1.16 bits per heavy atom. The van der Waals surface area contributed by atoms with Gasteiger partial charge in [-0.15, -0.1) is 0 Å². The molecule has 4 aromatic rings. The molecule has 1 N–H and O–H groups in total. The number of nitrogens with zero attached hydrogens (tertiary/aromatic N) is 9. The normalized spacial score (nSPS) is 19.4. The van der Waals surface area contributed by atoms with E-state index in [0.29, 0.717) is 66.3 Å². The summed E-state index contributed by atoms with van der Waals surface area (Å²) in [6.07, 6.45) is 2.41. The standard InChI is InChI=1S/C31H32FN9O2S/c1-18-3-5-19(6-4-18)25-24(12-33)44-29(34-25)37(2)28-22-11-23(26(32)35-27(22)36-41(28)20-7-8-20)38-10-9-31(15-38)16-40(17-31)30(43)39-13-21(42)14-39/h3-6,11,20-21,42H,7-10,13-17H2,1-2H3. The number of urea groups is 1. The zero-order chi connectivity index (χ0) is 30.3. The number of hydrogen-bond acceptors (Lipinski definition) is 9. The number of aromatic nitrogens is 4. The van der Waals surface area contributed by atoms with Gasteiger partial charge < -0.3 is 24.7 Å². The zero-order valence-electron chi connectivity index (χ0n) is 24.6. The maximum atomic E-state index is 15.6. The molecule has 1 aliphatic carbocycles. The number of rotatable bonds is 5. The third kappa shape index (κ3) is 4.38. The predicted octanol–water partition coefficient (Wildman–Crippen LogP) is 4.29. The van der Waals surface area contributed by atoms with Crippen molar-refractivity contribution in [2.45, 2.75) is 38.3 Å². The Morgan fingerprint density at radius 3 is 2.59 bits per heavy atom. The highest BCUT2D eigenvalue weighted by Gasteiger charge is 2.51. The second-order valence-corrected chi connectivity index (χ2v) is 13.7. The molecule has 226 valence electrons. The quantitative estimate of drug-likeness (QED) is 0.332. The summed E-state index contributed by atoms with van der Waals surface area (Å²) in [4.78, 5) is 29.9. The third-order valence-electron chi connectivity index (χ3n) is 9.37. The number of thiazole rings is 1. The molecule has 3 aliphatic heterocycles. The molecule has 4 fully saturated rings. The molecule has 6 heterocycles. The Hall–Kier alpha value is -4.28. The van der Waals surface area contributed by atoms with Crippen molar-refractivity contribution in [1.29, 1.82) is 5.26 Å². The van der Waals surface area contributed by atoms with Gasteiger partial charge in [-0.2, -0.15) is 19.7 Å². The summed E-state index contributed by atoms with van der Waals surface area (Å²) in [5, 5.41) is 25.6. The summed E-state index contributed by atoms with van der Waals surface area (Å²) in [6.45, 7) is 5.39. The number of amides is 2. The van der Waals surface area contributed by atoms with Gasteiger partial charge in [0.15, 0.2) is 10.8 Å². The molecule has 0 unspecified atom stereocenters. The largest absolute Gasteiger partial charge is 0.389 e. The molecule has 1 spiro atoms. The highest BCUT2D eigenvalue weighted by atomic mass is 32.1. The highest BCUT2D eigenvalue weighted by molar-refractivity contribution is 7.16. The first kappa shape index (κ1) is 27.3. The fourth-order valence-corrected chi connectivity index (χ4v) is 7.60. The van der Waals surface area contributed by atoms with E-state index in [-0.39, 0.29) is 17.5 Å². The van der Waals surface area contributed by atoms with Crippen molar-refractivity contribution in [3.8, 4) is 17.3 Å². The van der Waals surface area contributed by atoms with E-state index in [2.05, 4.69) is 11.1 Å². The SMILES string of the molecule is Cc1ccc(-c2nc(N(C)c3c4cc(N5CCC6(CN(C(=O)N7CC(O)C7)C6)C5)c(F)nc4nn3C3CC3)sc2C#N)cc1. The molecular weight excluding hydrogens is 581 g/mol. The van der Waals surface area contributed by atoms with Gasteiger partial charge in [-0.25, -0.2) is 14.5 Å². The van der Waals surface area contributed by atoms with Gasteiger partial charge in [0.1, 0.15) is 22.5 Å². The van der Waals surface area contributed by atoms with E-state index in [4.69, 9.17) is 10.1 Å². The number of carbonyl (C=O) groups is 1. The monoisotopic (exact) mass is 613 g/mol. The minimum absolute atomic E-state index is 0.0268. The molecule has 4 aliphatic rings. The number of halogens is 1. The number of benzene rings is 1. The molecule has 8 rings (SSSR count). The number of aliphatic hydroxyl groups excluding tert-OH is 1. The number of carbonyl (C=O) groups excluding carboxylic acids is 1. The van der Waals surface area contributed by atoms with Crippen LogP contribution < -0.4 is 9.80 Å². The lowest BCUT2D eigenvalue weighted by Crippen LogP contribution is -2.66. The van der Waals surface area contributed by atoms with Gasteiger partial charge in [-0.05, 0) is 32.3 Å². The number of pyridine rings is 1. The Labute approximate surface area is 257 Å². The minimum Gasteiger partial charge on any atom is -0.389 e. The average molecular weight is 614 g/mol. The lowest BCUT2D eigenvalue weighted by molar-refractivity contribution is -0.0161. The van der Waals surface area contributed by atoms with Crippen LogP contribution in [0, 0.1) is 29.6 Å². The van der Waals surface area contributed by atoms with Crippen LogP contribution in [0.3, 0.4) is 0 Å². The second kappa shape index (κ2) is 9.87. The van der Waals surface area contributed by atoms with Gasteiger partial charge in [0, 0.05) is 44.2 Å². The van der Waals surface area contributed by atoms with Crippen LogP contribution in [0.4, 0.5) is 25.8 Å². The topological polar surface area (TPSA) is 118 Å². The number of β-amino-alcohol motifs (C(OH)–C–C–N with tert-alkyl or cyclic N) is 1. The predicted molar refractivity (Wildman–Crippen MR) is 165 cm³/mol. The Bertz CT molecular complexity index is 1830. The summed E-state index contributed by atoms with van der Waals surface area (Å²) in [7, 11) is 1.92. The number of anilines is 3. The van der Waals surface area contributed by atoms with Gasteiger partial charge in [-0.1, -0.05) is 41.2 Å². The molecule has 0 bridgehead atoms. The van der Waals surface area contributed by atoms with E-state index < -0.39 is 12.1 Å². The van der Waals surface area contributed by atoms with Crippen molar-refractivity contribution in [3.05, 3.63) is 46.7 Å². The van der Waals surface area contributed by atoms with Crippen LogP contribution in [0.5, 0.6) is 0 Å². The minimum atomic E-state index is -0.548. The molecule has 3 aromatic heterocycles. The van der Waals surface area contributed by atoms with Crippen molar-refractivity contribution in [2.24, 2.45) is 5.41 Å². The number of likely N-dealkylation sites (tertiary alicyclic amines) is 2. The number of aliphatic hydroxyl groups is 1. The van der Waals surface area contributed by atoms with Crippen LogP contribution in [0.2, 0.25) is 0 Å². The average Bonchev–Trinajstić information content (AvgIpc) is 3.41. The molecular formula is C31H32FN9O2S. The van der Waals surface area contributed by atoms with E-state index in [1.807, 2.05) is 63.7 Å². The molecule has 1 aromatic carbocycles. The van der Waals surface area contributed by atoms with E-state index in [1.54, 1.807) is 4.90 Å². The molecule has 13 heteroatoms. The van der Waals surface area contributed by atoms with Crippen molar-refractivity contribution in [1.82, 2.24) is 29.5 Å². The van der Waals surface area contributed by atoms with Gasteiger partial charge in [0.25, 0.3) is 0 Å². The van der Waals surface area contributed by atoms with E-state index in [1.165, 1.54) is 11.3 Å². The Morgan fingerprint density at radius 2 is 1.91 bits per heavy atom. The first-order valence-corrected chi connectivity index (χ1v) is 15.8. The third-order valence-corrected chi connectivity index (χ3v) is 10.4. The van der Waals surface area contributed by atoms with Crippen LogP contribution in [0.1, 0.15) is 35.7 Å². The fourth-order valence-electron chi connectivity index (χ4n) is 6.75. The number of hydrogen-bond donors (Lipinski definition) is 1. The maximum Gasteiger partial charge on any atom is 0.320 e. The highest BCUT2D eigenvalue weighted by Crippen LogP contribution is 2.46. The molecule has 2 amide bonds. The number of nitriles is 1. The zero-order valence-corrected chi connectivity index (χ0v) is 25.4. The first-order chi connectivity index (χ1) is 21.2. The van der Waals surface area contributed by atoms with Gasteiger partial charge in [0.2, 0.25) is 5.95 Å². The van der Waals surface area contributed by atoms with Crippen LogP contribution >= 0.6 is 11.3 Å². The lowest BCUT2D eigenvalue weighted by atomic mass is 9.79. The number of fused-ring (bicyclic) bond motifs is 1. The van der Waals surface area contributed by atoms with Crippen LogP contribution in [-0.4, -0.2) is 93.1 Å². The van der Waals surface area contributed by atoms with E-state index >= 15 is 4.39 Å². The summed E-state index contributed by atoms with van der Waals surface area (Å²) < 4.78 is 17.5. The van der Waals surface area contributed by atoms with Gasteiger partial charge in [0.05, 0.1) is 36.3 Å². The molecule has 1 saturated carbocycles. The second-order valence-electron chi connectivity index (χ2n) is 12.7. The van der Waals surface area contributed by atoms with Crippen molar-refractivity contribution in [3.63, 3.8) is 0 Å². The van der Waals surface area contributed by atoms with Crippen molar-refractivity contribution in [2.75, 3.05) is 56.1 Å². The van der Waals surface area contributed by atoms with Crippen LogP contribution in [0.15, 0.2) is 30.3 Å². The summed E-state index contributed by atoms with van der Waals surface area (Å²) in [5.74, 6) is 0.240. The van der Waals surface area contributed by atoms with Gasteiger partial charge >= 0.3 is 6.03 Å². The lowest BCUT2D eigenvalue weighted by Gasteiger charge is -2.51. The van der Waals surface area contributed by atoms with Crippen LogP contribution in [0.25, 0.3) is 22.3 Å². The van der Waals surface area contributed by atoms with E-state index in [0.717, 1.165) is 41.6 Å².